The first-order valence-corrected chi connectivity index (χ1v) is 6.30. The van der Waals surface area contributed by atoms with Crippen LogP contribution in [-0.2, 0) is 4.74 Å². The minimum atomic E-state index is 0.647. The van der Waals surface area contributed by atoms with Crippen LogP contribution in [-0.4, -0.2) is 49.8 Å². The molecule has 2 fully saturated rings. The summed E-state index contributed by atoms with van der Waals surface area (Å²) >= 11 is 0. The van der Waals surface area contributed by atoms with Crippen LogP contribution >= 0.6 is 0 Å². The molecule has 0 spiro atoms. The summed E-state index contributed by atoms with van der Waals surface area (Å²) < 4.78 is 5.40. The molecule has 0 bridgehead atoms. The standard InChI is InChI=1S/C12H24N2O/c1-10-7-14(8-11(2)13-10)9-12-3-5-15-6-4-12/h10-13H,3-9H2,1-2H3/t10-,11+. The van der Waals surface area contributed by atoms with Crippen LogP contribution in [0.15, 0.2) is 0 Å². The van der Waals surface area contributed by atoms with Gasteiger partial charge >= 0.3 is 0 Å². The van der Waals surface area contributed by atoms with E-state index < -0.39 is 0 Å². The first-order valence-electron chi connectivity index (χ1n) is 6.30. The Hall–Kier alpha value is -0.120. The molecule has 2 aliphatic rings. The van der Waals surface area contributed by atoms with Gasteiger partial charge in [0.2, 0.25) is 0 Å². The Morgan fingerprint density at radius 2 is 1.73 bits per heavy atom. The summed E-state index contributed by atoms with van der Waals surface area (Å²) in [5, 5.41) is 3.58. The van der Waals surface area contributed by atoms with Gasteiger partial charge < -0.3 is 10.1 Å². The number of nitrogens with zero attached hydrogens (tertiary/aromatic N) is 1. The van der Waals surface area contributed by atoms with Gasteiger partial charge in [0.1, 0.15) is 0 Å². The first-order chi connectivity index (χ1) is 7.24. The van der Waals surface area contributed by atoms with Gasteiger partial charge in [-0.1, -0.05) is 0 Å². The molecule has 0 saturated carbocycles. The second-order valence-corrected chi connectivity index (χ2v) is 5.24. The fraction of sp³-hybridized carbons (Fsp3) is 1.00. The fourth-order valence-corrected chi connectivity index (χ4v) is 2.88. The molecule has 2 saturated heterocycles. The maximum Gasteiger partial charge on any atom is 0.0469 e. The van der Waals surface area contributed by atoms with Crippen LogP contribution in [0.2, 0.25) is 0 Å². The Morgan fingerprint density at radius 1 is 1.13 bits per heavy atom. The maximum atomic E-state index is 5.40. The lowest BCUT2D eigenvalue weighted by Gasteiger charge is -2.38. The predicted molar refractivity (Wildman–Crippen MR) is 62.0 cm³/mol. The predicted octanol–water partition coefficient (Wildman–Crippen LogP) is 1.10. The minimum absolute atomic E-state index is 0.647. The van der Waals surface area contributed by atoms with Gasteiger partial charge in [-0.25, -0.2) is 0 Å². The van der Waals surface area contributed by atoms with Crippen molar-refractivity contribution in [2.24, 2.45) is 5.92 Å². The van der Waals surface area contributed by atoms with Crippen LogP contribution in [0.1, 0.15) is 26.7 Å². The van der Waals surface area contributed by atoms with Crippen LogP contribution in [0.25, 0.3) is 0 Å². The molecule has 0 aliphatic carbocycles. The monoisotopic (exact) mass is 212 g/mol. The number of ether oxygens (including phenoxy) is 1. The molecule has 3 heteroatoms. The van der Waals surface area contributed by atoms with E-state index in [1.165, 1.54) is 32.5 Å². The van der Waals surface area contributed by atoms with E-state index in [1.807, 2.05) is 0 Å². The first kappa shape index (κ1) is 11.4. The SMILES string of the molecule is C[C@@H]1CN(CC2CCOCC2)C[C@H](C)N1. The summed E-state index contributed by atoms with van der Waals surface area (Å²) in [4.78, 5) is 2.63. The highest BCUT2D eigenvalue weighted by atomic mass is 16.5. The molecule has 3 nitrogen and oxygen atoms in total. The Balaban J connectivity index is 1.77. The molecule has 15 heavy (non-hydrogen) atoms. The van der Waals surface area contributed by atoms with E-state index >= 15 is 0 Å². The van der Waals surface area contributed by atoms with E-state index in [1.54, 1.807) is 0 Å². The maximum absolute atomic E-state index is 5.40. The van der Waals surface area contributed by atoms with Crippen LogP contribution in [0.4, 0.5) is 0 Å². The Morgan fingerprint density at radius 3 is 2.33 bits per heavy atom. The van der Waals surface area contributed by atoms with Crippen molar-refractivity contribution in [3.63, 3.8) is 0 Å². The zero-order valence-electron chi connectivity index (χ0n) is 10.0. The highest BCUT2D eigenvalue weighted by Gasteiger charge is 2.24. The van der Waals surface area contributed by atoms with Gasteiger partial charge in [0.15, 0.2) is 0 Å². The van der Waals surface area contributed by atoms with Crippen molar-refractivity contribution in [1.29, 1.82) is 0 Å². The molecule has 0 radical (unpaired) electrons. The average molecular weight is 212 g/mol. The van der Waals surface area contributed by atoms with Gasteiger partial charge in [-0.3, -0.25) is 4.90 Å². The van der Waals surface area contributed by atoms with Crippen molar-refractivity contribution in [3.05, 3.63) is 0 Å². The summed E-state index contributed by atoms with van der Waals surface area (Å²) in [5.74, 6) is 0.872. The van der Waals surface area contributed by atoms with Gasteiger partial charge in [0.05, 0.1) is 0 Å². The molecule has 2 aliphatic heterocycles. The molecule has 2 heterocycles. The van der Waals surface area contributed by atoms with Crippen LogP contribution in [0, 0.1) is 5.92 Å². The zero-order valence-corrected chi connectivity index (χ0v) is 10.0. The lowest BCUT2D eigenvalue weighted by molar-refractivity contribution is 0.0454. The van der Waals surface area contributed by atoms with Crippen molar-refractivity contribution in [2.75, 3.05) is 32.8 Å². The zero-order chi connectivity index (χ0) is 10.7. The van der Waals surface area contributed by atoms with Crippen molar-refractivity contribution in [2.45, 2.75) is 38.8 Å². The molecule has 0 aromatic carbocycles. The second kappa shape index (κ2) is 5.28. The summed E-state index contributed by atoms with van der Waals surface area (Å²) in [7, 11) is 0. The van der Waals surface area contributed by atoms with Gasteiger partial charge in [0.25, 0.3) is 0 Å². The van der Waals surface area contributed by atoms with E-state index in [2.05, 4.69) is 24.1 Å². The molecule has 2 atom stereocenters. The topological polar surface area (TPSA) is 24.5 Å². The molecular formula is C12H24N2O. The average Bonchev–Trinajstić information content (AvgIpc) is 2.17. The van der Waals surface area contributed by atoms with Gasteiger partial charge in [-0.15, -0.1) is 0 Å². The van der Waals surface area contributed by atoms with Crippen molar-refractivity contribution in [1.82, 2.24) is 10.2 Å². The Kier molecular flexibility index (Phi) is 4.00. The number of nitrogens with one attached hydrogen (secondary N) is 1. The molecule has 1 N–H and O–H groups in total. The van der Waals surface area contributed by atoms with Crippen molar-refractivity contribution < 1.29 is 4.74 Å². The molecule has 0 unspecified atom stereocenters. The summed E-state index contributed by atoms with van der Waals surface area (Å²) in [6.45, 7) is 10.2. The van der Waals surface area contributed by atoms with Crippen LogP contribution < -0.4 is 5.32 Å². The lowest BCUT2D eigenvalue weighted by atomic mass is 9.98. The normalized spacial score (nSPS) is 35.6. The molecule has 0 amide bonds. The number of hydrogen-bond donors (Lipinski definition) is 1. The van der Waals surface area contributed by atoms with E-state index in [0.29, 0.717) is 12.1 Å². The third-order valence-electron chi connectivity index (χ3n) is 3.49. The molecule has 88 valence electrons. The number of piperazine rings is 1. The van der Waals surface area contributed by atoms with Crippen LogP contribution in [0.5, 0.6) is 0 Å². The lowest BCUT2D eigenvalue weighted by Crippen LogP contribution is -2.55. The molecule has 0 aromatic rings. The summed E-state index contributed by atoms with van der Waals surface area (Å²) in [6, 6.07) is 1.29. The third-order valence-corrected chi connectivity index (χ3v) is 3.49. The minimum Gasteiger partial charge on any atom is -0.381 e. The van der Waals surface area contributed by atoms with Crippen molar-refractivity contribution in [3.8, 4) is 0 Å². The van der Waals surface area contributed by atoms with E-state index in [4.69, 9.17) is 4.74 Å². The highest BCUT2D eigenvalue weighted by Crippen LogP contribution is 2.17. The summed E-state index contributed by atoms with van der Waals surface area (Å²) in [5.41, 5.74) is 0. The van der Waals surface area contributed by atoms with Gasteiger partial charge in [-0.2, -0.15) is 0 Å². The van der Waals surface area contributed by atoms with Gasteiger partial charge in [-0.05, 0) is 32.6 Å². The highest BCUT2D eigenvalue weighted by molar-refractivity contribution is 4.82. The van der Waals surface area contributed by atoms with Crippen LogP contribution in [0.3, 0.4) is 0 Å². The smallest absolute Gasteiger partial charge is 0.0469 e. The fourth-order valence-electron chi connectivity index (χ4n) is 2.88. The molecular weight excluding hydrogens is 188 g/mol. The van der Waals surface area contributed by atoms with Gasteiger partial charge in [0, 0.05) is 44.9 Å². The van der Waals surface area contributed by atoms with Crippen molar-refractivity contribution >= 4 is 0 Å². The largest absolute Gasteiger partial charge is 0.381 e. The van der Waals surface area contributed by atoms with E-state index in [9.17, 15) is 0 Å². The second-order valence-electron chi connectivity index (χ2n) is 5.24. The van der Waals surface area contributed by atoms with E-state index in [0.717, 1.165) is 19.1 Å². The molecule has 2 rings (SSSR count). The number of rotatable bonds is 2. The van der Waals surface area contributed by atoms with E-state index in [-0.39, 0.29) is 0 Å². The number of hydrogen-bond acceptors (Lipinski definition) is 3. The third kappa shape index (κ3) is 3.44. The Bertz CT molecular complexity index is 182. The Labute approximate surface area is 93.2 Å². The quantitative estimate of drug-likeness (QED) is 0.742. The molecule has 0 aromatic heterocycles. The summed E-state index contributed by atoms with van der Waals surface area (Å²) in [6.07, 6.45) is 2.51.